The molecule has 0 saturated carbocycles. The SMILES string of the molecule is CN(C)CCCN1CCC(C)(CN)CC1. The third-order valence-corrected chi connectivity index (χ3v) is 3.64. The van der Waals surface area contributed by atoms with Gasteiger partial charge in [0.25, 0.3) is 0 Å². The Hall–Kier alpha value is -0.120. The van der Waals surface area contributed by atoms with Gasteiger partial charge < -0.3 is 15.5 Å². The van der Waals surface area contributed by atoms with E-state index in [-0.39, 0.29) is 0 Å². The molecular weight excluding hydrogens is 186 g/mol. The van der Waals surface area contributed by atoms with Gasteiger partial charge in [-0.15, -0.1) is 0 Å². The van der Waals surface area contributed by atoms with E-state index in [4.69, 9.17) is 5.73 Å². The molecule has 0 amide bonds. The van der Waals surface area contributed by atoms with Gasteiger partial charge in [0.15, 0.2) is 0 Å². The summed E-state index contributed by atoms with van der Waals surface area (Å²) >= 11 is 0. The zero-order valence-electron chi connectivity index (χ0n) is 10.6. The van der Waals surface area contributed by atoms with Crippen LogP contribution in [-0.4, -0.2) is 56.6 Å². The minimum atomic E-state index is 0.415. The first kappa shape index (κ1) is 12.9. The van der Waals surface area contributed by atoms with E-state index >= 15 is 0 Å². The Kier molecular flexibility index (Phi) is 5.03. The van der Waals surface area contributed by atoms with Crippen LogP contribution in [0.4, 0.5) is 0 Å². The molecule has 1 aliphatic rings. The summed E-state index contributed by atoms with van der Waals surface area (Å²) in [5.41, 5.74) is 6.21. The van der Waals surface area contributed by atoms with Crippen molar-refractivity contribution >= 4 is 0 Å². The lowest BCUT2D eigenvalue weighted by molar-refractivity contribution is 0.121. The van der Waals surface area contributed by atoms with Crippen molar-refractivity contribution in [2.24, 2.45) is 11.1 Å². The highest BCUT2D eigenvalue weighted by molar-refractivity contribution is 4.82. The highest BCUT2D eigenvalue weighted by atomic mass is 15.1. The molecule has 3 heteroatoms. The van der Waals surface area contributed by atoms with Crippen LogP contribution in [0.1, 0.15) is 26.2 Å². The number of nitrogens with zero attached hydrogens (tertiary/aromatic N) is 2. The summed E-state index contributed by atoms with van der Waals surface area (Å²) in [5.74, 6) is 0. The number of nitrogens with two attached hydrogens (primary N) is 1. The van der Waals surface area contributed by atoms with Crippen molar-refractivity contribution < 1.29 is 0 Å². The van der Waals surface area contributed by atoms with Gasteiger partial charge in [-0.2, -0.15) is 0 Å². The Morgan fingerprint density at radius 1 is 1.27 bits per heavy atom. The molecule has 0 radical (unpaired) electrons. The second-order valence-electron chi connectivity index (χ2n) is 5.51. The molecule has 1 rings (SSSR count). The molecule has 1 aliphatic heterocycles. The van der Waals surface area contributed by atoms with Gasteiger partial charge in [0.1, 0.15) is 0 Å². The van der Waals surface area contributed by atoms with Gasteiger partial charge in [-0.3, -0.25) is 0 Å². The molecule has 15 heavy (non-hydrogen) atoms. The highest BCUT2D eigenvalue weighted by Crippen LogP contribution is 2.29. The molecule has 1 fully saturated rings. The van der Waals surface area contributed by atoms with E-state index < -0.39 is 0 Å². The lowest BCUT2D eigenvalue weighted by atomic mass is 9.80. The average Bonchev–Trinajstić information content (AvgIpc) is 2.21. The van der Waals surface area contributed by atoms with Crippen LogP contribution >= 0.6 is 0 Å². The van der Waals surface area contributed by atoms with Gasteiger partial charge in [0.2, 0.25) is 0 Å². The van der Waals surface area contributed by atoms with Gasteiger partial charge in [-0.05, 0) is 71.5 Å². The number of piperidine rings is 1. The summed E-state index contributed by atoms with van der Waals surface area (Å²) in [7, 11) is 4.28. The van der Waals surface area contributed by atoms with Gasteiger partial charge in [0.05, 0.1) is 0 Å². The van der Waals surface area contributed by atoms with E-state index in [0.717, 1.165) is 6.54 Å². The Bertz CT molecular complexity index is 172. The molecule has 0 aromatic carbocycles. The predicted octanol–water partition coefficient (Wildman–Crippen LogP) is 0.999. The van der Waals surface area contributed by atoms with Crippen molar-refractivity contribution in [3.63, 3.8) is 0 Å². The van der Waals surface area contributed by atoms with Crippen LogP contribution < -0.4 is 5.73 Å². The minimum absolute atomic E-state index is 0.415. The molecule has 0 aromatic rings. The lowest BCUT2D eigenvalue weighted by Gasteiger charge is -2.38. The smallest absolute Gasteiger partial charge is 0.000654 e. The Morgan fingerprint density at radius 2 is 1.87 bits per heavy atom. The molecule has 3 nitrogen and oxygen atoms in total. The first-order valence-corrected chi connectivity index (χ1v) is 6.13. The summed E-state index contributed by atoms with van der Waals surface area (Å²) in [6.45, 7) is 8.09. The Labute approximate surface area is 94.6 Å². The van der Waals surface area contributed by atoms with Crippen LogP contribution in [0.2, 0.25) is 0 Å². The van der Waals surface area contributed by atoms with Crippen LogP contribution in [0.5, 0.6) is 0 Å². The molecule has 1 heterocycles. The van der Waals surface area contributed by atoms with E-state index in [2.05, 4.69) is 30.8 Å². The van der Waals surface area contributed by atoms with E-state index in [1.165, 1.54) is 45.4 Å². The summed E-state index contributed by atoms with van der Waals surface area (Å²) in [6, 6.07) is 0. The lowest BCUT2D eigenvalue weighted by Crippen LogP contribution is -2.42. The standard InChI is InChI=1S/C12H27N3/c1-12(11-13)5-9-15(10-6-12)8-4-7-14(2)3/h4-11,13H2,1-3H3. The zero-order valence-corrected chi connectivity index (χ0v) is 10.6. The molecule has 0 aromatic heterocycles. The van der Waals surface area contributed by atoms with Crippen molar-refractivity contribution in [3.05, 3.63) is 0 Å². The monoisotopic (exact) mass is 213 g/mol. The van der Waals surface area contributed by atoms with Crippen LogP contribution in [0.15, 0.2) is 0 Å². The second-order valence-corrected chi connectivity index (χ2v) is 5.51. The van der Waals surface area contributed by atoms with Crippen LogP contribution in [0, 0.1) is 5.41 Å². The number of hydrogen-bond donors (Lipinski definition) is 1. The number of likely N-dealkylation sites (tertiary alicyclic amines) is 1. The topological polar surface area (TPSA) is 32.5 Å². The van der Waals surface area contributed by atoms with Gasteiger partial charge >= 0.3 is 0 Å². The number of rotatable bonds is 5. The molecule has 0 aliphatic carbocycles. The van der Waals surface area contributed by atoms with E-state index in [1.807, 2.05) is 0 Å². The maximum absolute atomic E-state index is 5.80. The van der Waals surface area contributed by atoms with Crippen molar-refractivity contribution in [1.82, 2.24) is 9.80 Å². The first-order chi connectivity index (χ1) is 7.06. The van der Waals surface area contributed by atoms with Crippen LogP contribution in [0.25, 0.3) is 0 Å². The van der Waals surface area contributed by atoms with E-state index in [0.29, 0.717) is 5.41 Å². The third kappa shape index (κ3) is 4.49. The summed E-state index contributed by atoms with van der Waals surface area (Å²) in [6.07, 6.45) is 3.82. The van der Waals surface area contributed by atoms with Crippen molar-refractivity contribution in [1.29, 1.82) is 0 Å². The predicted molar refractivity (Wildman–Crippen MR) is 66.0 cm³/mol. The third-order valence-electron chi connectivity index (χ3n) is 3.64. The second kappa shape index (κ2) is 5.83. The van der Waals surface area contributed by atoms with E-state index in [9.17, 15) is 0 Å². The first-order valence-electron chi connectivity index (χ1n) is 6.13. The maximum Gasteiger partial charge on any atom is -0.000654 e. The zero-order chi connectivity index (χ0) is 11.3. The van der Waals surface area contributed by atoms with Gasteiger partial charge in [-0.25, -0.2) is 0 Å². The highest BCUT2D eigenvalue weighted by Gasteiger charge is 2.28. The molecule has 2 N–H and O–H groups in total. The van der Waals surface area contributed by atoms with Crippen molar-refractivity contribution in [2.75, 3.05) is 46.8 Å². The molecule has 0 spiro atoms. The fraction of sp³-hybridized carbons (Fsp3) is 1.00. The molecule has 1 saturated heterocycles. The Balaban J connectivity index is 2.15. The summed E-state index contributed by atoms with van der Waals surface area (Å²) in [4.78, 5) is 4.84. The molecule has 90 valence electrons. The molecule has 0 atom stereocenters. The van der Waals surface area contributed by atoms with Gasteiger partial charge in [-0.1, -0.05) is 6.92 Å². The number of hydrogen-bond acceptors (Lipinski definition) is 3. The van der Waals surface area contributed by atoms with E-state index in [1.54, 1.807) is 0 Å². The van der Waals surface area contributed by atoms with Crippen molar-refractivity contribution in [2.45, 2.75) is 26.2 Å². The molecule has 0 bridgehead atoms. The van der Waals surface area contributed by atoms with Crippen LogP contribution in [-0.2, 0) is 0 Å². The Morgan fingerprint density at radius 3 is 2.33 bits per heavy atom. The van der Waals surface area contributed by atoms with Crippen molar-refractivity contribution in [3.8, 4) is 0 Å². The summed E-state index contributed by atoms with van der Waals surface area (Å²) < 4.78 is 0. The normalized spacial score (nSPS) is 22.2. The fourth-order valence-corrected chi connectivity index (χ4v) is 2.13. The maximum atomic E-state index is 5.80. The molecular formula is C12H27N3. The fourth-order valence-electron chi connectivity index (χ4n) is 2.13. The largest absolute Gasteiger partial charge is 0.330 e. The molecule has 0 unspecified atom stereocenters. The quantitative estimate of drug-likeness (QED) is 0.739. The summed E-state index contributed by atoms with van der Waals surface area (Å²) in [5, 5.41) is 0. The van der Waals surface area contributed by atoms with Crippen LogP contribution in [0.3, 0.4) is 0 Å². The minimum Gasteiger partial charge on any atom is -0.330 e. The van der Waals surface area contributed by atoms with Gasteiger partial charge in [0, 0.05) is 0 Å². The average molecular weight is 213 g/mol.